The highest BCUT2D eigenvalue weighted by molar-refractivity contribution is 6.27. The average molecular weight is 548 g/mol. The van der Waals surface area contributed by atoms with Gasteiger partial charge in [0, 0.05) is 34.3 Å². The molecule has 0 fully saturated rings. The summed E-state index contributed by atoms with van der Waals surface area (Å²) >= 11 is 0. The predicted octanol–water partition coefficient (Wildman–Crippen LogP) is 11.4. The number of fused-ring (bicyclic) bond motifs is 6. The van der Waals surface area contributed by atoms with Crippen LogP contribution in [0.1, 0.15) is 0 Å². The molecule has 0 atom stereocenters. The Bertz CT molecular complexity index is 2440. The molecule has 2 heteroatoms. The molecule has 0 bridgehead atoms. The molecule has 2 aromatic heterocycles. The van der Waals surface area contributed by atoms with Crippen LogP contribution < -0.4 is 0 Å². The molecule has 7 aromatic carbocycles. The van der Waals surface area contributed by atoms with Crippen molar-refractivity contribution < 1.29 is 4.42 Å². The molecule has 9 rings (SSSR count). The SMILES string of the molecule is c1cncc(-c2ccc(-c3c4ccccc4c(-c4cccc5ccccc45)c4ccccc34)c3c2oc2ccccc23)c1. The maximum absolute atomic E-state index is 6.64. The molecule has 0 aliphatic rings. The van der Waals surface area contributed by atoms with E-state index in [1.165, 1.54) is 54.6 Å². The highest BCUT2D eigenvalue weighted by atomic mass is 16.3. The highest BCUT2D eigenvalue weighted by Gasteiger charge is 2.22. The maximum Gasteiger partial charge on any atom is 0.143 e. The molecular weight excluding hydrogens is 522 g/mol. The zero-order valence-corrected chi connectivity index (χ0v) is 23.3. The number of hydrogen-bond donors (Lipinski definition) is 0. The van der Waals surface area contributed by atoms with E-state index in [1.807, 2.05) is 24.5 Å². The van der Waals surface area contributed by atoms with Crippen molar-refractivity contribution in [2.24, 2.45) is 0 Å². The molecule has 0 spiro atoms. The van der Waals surface area contributed by atoms with Gasteiger partial charge in [0.15, 0.2) is 0 Å². The first-order valence-electron chi connectivity index (χ1n) is 14.6. The molecule has 0 saturated carbocycles. The Morgan fingerprint density at radius 1 is 0.419 bits per heavy atom. The van der Waals surface area contributed by atoms with Gasteiger partial charge in [-0.2, -0.15) is 0 Å². The number of furan rings is 1. The van der Waals surface area contributed by atoms with Crippen LogP contribution in [0.5, 0.6) is 0 Å². The minimum Gasteiger partial charge on any atom is -0.455 e. The normalized spacial score (nSPS) is 11.7. The summed E-state index contributed by atoms with van der Waals surface area (Å²) in [7, 11) is 0. The Labute approximate surface area is 248 Å². The van der Waals surface area contributed by atoms with Gasteiger partial charge in [-0.1, -0.05) is 121 Å². The van der Waals surface area contributed by atoms with Crippen molar-refractivity contribution in [1.29, 1.82) is 0 Å². The molecule has 9 aromatic rings. The van der Waals surface area contributed by atoms with Crippen LogP contribution in [0.2, 0.25) is 0 Å². The van der Waals surface area contributed by atoms with E-state index in [2.05, 4.69) is 132 Å². The first-order valence-corrected chi connectivity index (χ1v) is 14.6. The number of rotatable bonds is 3. The number of para-hydroxylation sites is 1. The van der Waals surface area contributed by atoms with Crippen molar-refractivity contribution >= 4 is 54.3 Å². The van der Waals surface area contributed by atoms with Gasteiger partial charge in [0.05, 0.1) is 0 Å². The monoisotopic (exact) mass is 547 g/mol. The number of pyridine rings is 1. The van der Waals surface area contributed by atoms with Crippen molar-refractivity contribution in [2.75, 3.05) is 0 Å². The largest absolute Gasteiger partial charge is 0.455 e. The second-order valence-electron chi connectivity index (χ2n) is 11.1. The second kappa shape index (κ2) is 9.40. The summed E-state index contributed by atoms with van der Waals surface area (Å²) in [6.45, 7) is 0. The van der Waals surface area contributed by atoms with E-state index in [4.69, 9.17) is 4.42 Å². The van der Waals surface area contributed by atoms with Gasteiger partial charge in [0.1, 0.15) is 11.2 Å². The summed E-state index contributed by atoms with van der Waals surface area (Å²) < 4.78 is 6.64. The summed E-state index contributed by atoms with van der Waals surface area (Å²) in [6, 6.07) is 49.9. The van der Waals surface area contributed by atoms with Crippen molar-refractivity contribution in [3.8, 4) is 33.4 Å². The van der Waals surface area contributed by atoms with Gasteiger partial charge in [-0.25, -0.2) is 0 Å². The lowest BCUT2D eigenvalue weighted by Crippen LogP contribution is -1.92. The molecular formula is C41H25NO. The lowest BCUT2D eigenvalue weighted by atomic mass is 9.83. The summed E-state index contributed by atoms with van der Waals surface area (Å²) in [5.41, 5.74) is 8.78. The zero-order valence-electron chi connectivity index (χ0n) is 23.3. The molecule has 0 N–H and O–H groups in total. The summed E-state index contributed by atoms with van der Waals surface area (Å²) in [5.74, 6) is 0. The number of hydrogen-bond acceptors (Lipinski definition) is 2. The molecule has 2 heterocycles. The van der Waals surface area contributed by atoms with Crippen LogP contribution in [0, 0.1) is 0 Å². The fraction of sp³-hybridized carbons (Fsp3) is 0. The number of benzene rings is 7. The van der Waals surface area contributed by atoms with Gasteiger partial charge in [0.2, 0.25) is 0 Å². The van der Waals surface area contributed by atoms with E-state index < -0.39 is 0 Å². The van der Waals surface area contributed by atoms with Crippen LogP contribution in [0.25, 0.3) is 87.6 Å². The van der Waals surface area contributed by atoms with E-state index in [1.54, 1.807) is 0 Å². The average Bonchev–Trinajstić information content (AvgIpc) is 3.47. The Morgan fingerprint density at radius 3 is 1.70 bits per heavy atom. The lowest BCUT2D eigenvalue weighted by Gasteiger charge is -2.19. The van der Waals surface area contributed by atoms with Crippen LogP contribution in [0.4, 0.5) is 0 Å². The molecule has 0 aliphatic carbocycles. The van der Waals surface area contributed by atoms with Crippen LogP contribution in [-0.2, 0) is 0 Å². The van der Waals surface area contributed by atoms with Crippen molar-refractivity contribution in [3.05, 3.63) is 152 Å². The van der Waals surface area contributed by atoms with Gasteiger partial charge in [-0.3, -0.25) is 4.98 Å². The van der Waals surface area contributed by atoms with Crippen LogP contribution in [0.15, 0.2) is 156 Å². The topological polar surface area (TPSA) is 26.0 Å². The van der Waals surface area contributed by atoms with Crippen LogP contribution in [0.3, 0.4) is 0 Å². The third-order valence-corrected chi connectivity index (χ3v) is 8.76. The van der Waals surface area contributed by atoms with Gasteiger partial charge < -0.3 is 4.42 Å². The second-order valence-corrected chi connectivity index (χ2v) is 11.1. The van der Waals surface area contributed by atoms with Gasteiger partial charge in [0.25, 0.3) is 0 Å². The summed E-state index contributed by atoms with van der Waals surface area (Å²) in [4.78, 5) is 4.40. The minimum atomic E-state index is 0.885. The highest BCUT2D eigenvalue weighted by Crippen LogP contribution is 2.49. The molecule has 0 amide bonds. The fourth-order valence-electron chi connectivity index (χ4n) is 6.94. The summed E-state index contributed by atoms with van der Waals surface area (Å²) in [5, 5.41) is 9.69. The Kier molecular flexibility index (Phi) is 5.23. The van der Waals surface area contributed by atoms with E-state index in [-0.39, 0.29) is 0 Å². The van der Waals surface area contributed by atoms with Gasteiger partial charge in [-0.15, -0.1) is 0 Å². The third kappa shape index (κ3) is 3.57. The molecule has 0 aliphatic heterocycles. The fourth-order valence-corrected chi connectivity index (χ4v) is 6.94. The van der Waals surface area contributed by atoms with E-state index in [9.17, 15) is 0 Å². The lowest BCUT2D eigenvalue weighted by molar-refractivity contribution is 0.670. The van der Waals surface area contributed by atoms with Gasteiger partial charge in [-0.05, 0) is 72.8 Å². The van der Waals surface area contributed by atoms with E-state index >= 15 is 0 Å². The molecule has 0 saturated heterocycles. The van der Waals surface area contributed by atoms with Crippen LogP contribution in [-0.4, -0.2) is 4.98 Å². The number of aromatic nitrogens is 1. The predicted molar refractivity (Wildman–Crippen MR) is 180 cm³/mol. The quantitative estimate of drug-likeness (QED) is 0.206. The molecule has 2 nitrogen and oxygen atoms in total. The molecule has 0 unspecified atom stereocenters. The Hall–Kier alpha value is -5.73. The van der Waals surface area contributed by atoms with Crippen molar-refractivity contribution in [1.82, 2.24) is 4.98 Å². The molecule has 200 valence electrons. The Balaban J connectivity index is 1.46. The third-order valence-electron chi connectivity index (χ3n) is 8.76. The van der Waals surface area contributed by atoms with E-state index in [0.717, 1.165) is 33.1 Å². The van der Waals surface area contributed by atoms with Crippen molar-refractivity contribution in [2.45, 2.75) is 0 Å². The molecule has 0 radical (unpaired) electrons. The number of nitrogens with zero attached hydrogens (tertiary/aromatic N) is 1. The standard InChI is InChI=1S/C41H25NO/c1-2-14-28-26(11-1)12-9-20-30(28)38-31-15-3-5-17-33(31)39(34-18-6-4-16-32(34)38)36-23-22-29(27-13-10-24-42-25-27)41-40(36)35-19-7-8-21-37(35)43-41/h1-25H. The minimum absolute atomic E-state index is 0.885. The first-order chi connectivity index (χ1) is 21.4. The zero-order chi connectivity index (χ0) is 28.3. The van der Waals surface area contributed by atoms with Crippen LogP contribution >= 0.6 is 0 Å². The molecule has 43 heavy (non-hydrogen) atoms. The smallest absolute Gasteiger partial charge is 0.143 e. The van der Waals surface area contributed by atoms with Gasteiger partial charge >= 0.3 is 0 Å². The maximum atomic E-state index is 6.64. The van der Waals surface area contributed by atoms with Crippen molar-refractivity contribution in [3.63, 3.8) is 0 Å². The first kappa shape index (κ1) is 23.9. The van der Waals surface area contributed by atoms with E-state index in [0.29, 0.717) is 0 Å². The Morgan fingerprint density at radius 2 is 1.00 bits per heavy atom. The summed E-state index contributed by atoms with van der Waals surface area (Å²) in [6.07, 6.45) is 3.72.